The molecule has 2 aromatic rings. The number of hydrogen-bond donors (Lipinski definition) is 0. The fourth-order valence-electron chi connectivity index (χ4n) is 3.66. The van der Waals surface area contributed by atoms with Gasteiger partial charge in [-0.15, -0.1) is 0 Å². The van der Waals surface area contributed by atoms with Crippen LogP contribution in [-0.2, 0) is 30.8 Å². The van der Waals surface area contributed by atoms with Crippen molar-refractivity contribution in [2.45, 2.75) is 44.7 Å². The molecule has 0 spiro atoms. The summed E-state index contributed by atoms with van der Waals surface area (Å²) in [7, 11) is 0. The van der Waals surface area contributed by atoms with Gasteiger partial charge in [-0.1, -0.05) is 24.3 Å². The van der Waals surface area contributed by atoms with Crippen LogP contribution in [0, 0.1) is 0 Å². The predicted molar refractivity (Wildman–Crippen MR) is 88.3 cm³/mol. The first-order valence-corrected chi connectivity index (χ1v) is 8.56. The Morgan fingerprint density at radius 2 is 1.85 bits per heavy atom. The molecule has 0 unspecified atom stereocenters. The Morgan fingerprint density at radius 3 is 2.59 bits per heavy atom. The molecule has 6 nitrogen and oxygen atoms in total. The van der Waals surface area contributed by atoms with Gasteiger partial charge in [0, 0.05) is 30.8 Å². The van der Waals surface area contributed by atoms with E-state index in [-0.39, 0.29) is 24.9 Å². The first-order chi connectivity index (χ1) is 12.8. The van der Waals surface area contributed by atoms with Crippen molar-refractivity contribution in [2.75, 3.05) is 0 Å². The number of nitrogens with zero attached hydrogens (tertiary/aromatic N) is 4. The maximum absolute atomic E-state index is 12.8. The molecule has 3 amide bonds. The van der Waals surface area contributed by atoms with Gasteiger partial charge in [-0.3, -0.25) is 14.4 Å². The lowest BCUT2D eigenvalue weighted by molar-refractivity contribution is -0.142. The van der Waals surface area contributed by atoms with E-state index in [2.05, 4.69) is 5.10 Å². The topological polar surface area (TPSA) is 58.4 Å². The summed E-state index contributed by atoms with van der Waals surface area (Å²) in [6, 6.07) is 7.22. The van der Waals surface area contributed by atoms with Crippen LogP contribution in [0.4, 0.5) is 18.0 Å². The predicted octanol–water partition coefficient (Wildman–Crippen LogP) is 2.72. The second-order valence-corrected chi connectivity index (χ2v) is 6.88. The summed E-state index contributed by atoms with van der Waals surface area (Å²) in [5.74, 6) is -0.316. The Kier molecular flexibility index (Phi) is 4.16. The molecule has 1 aromatic heterocycles. The molecule has 9 heteroatoms. The number of imide groups is 1. The Labute approximate surface area is 153 Å². The first kappa shape index (κ1) is 17.6. The van der Waals surface area contributed by atoms with Crippen molar-refractivity contribution < 1.29 is 22.8 Å². The van der Waals surface area contributed by atoms with Crippen LogP contribution in [0.3, 0.4) is 0 Å². The standard InChI is InChI=1S/C18H17F3N4O2/c19-18(20,21)11-23-8-12(7-22-23)9-25-16(26)6-15-5-13-3-1-2-4-14(13)10-24(15)17(25)27/h1-4,7-8,15H,5-6,9-11H2/t15-/m0/s1. The van der Waals surface area contributed by atoms with Gasteiger partial charge in [0.1, 0.15) is 6.54 Å². The highest BCUT2D eigenvalue weighted by atomic mass is 19.4. The van der Waals surface area contributed by atoms with Crippen molar-refractivity contribution >= 4 is 11.9 Å². The Bertz CT molecular complexity index is 893. The number of fused-ring (bicyclic) bond motifs is 2. The number of carbonyl (C=O) groups is 2. The fourth-order valence-corrected chi connectivity index (χ4v) is 3.66. The molecule has 27 heavy (non-hydrogen) atoms. The van der Waals surface area contributed by atoms with Crippen LogP contribution in [0.15, 0.2) is 36.7 Å². The third kappa shape index (κ3) is 3.54. The van der Waals surface area contributed by atoms with Gasteiger partial charge in [-0.2, -0.15) is 18.3 Å². The maximum atomic E-state index is 12.8. The van der Waals surface area contributed by atoms with Crippen molar-refractivity contribution in [1.82, 2.24) is 19.6 Å². The minimum atomic E-state index is -4.38. The van der Waals surface area contributed by atoms with Crippen LogP contribution in [-0.4, -0.2) is 43.7 Å². The van der Waals surface area contributed by atoms with E-state index in [4.69, 9.17) is 0 Å². The van der Waals surface area contributed by atoms with Crippen molar-refractivity contribution in [3.63, 3.8) is 0 Å². The molecule has 0 bridgehead atoms. The fraction of sp³-hybridized carbons (Fsp3) is 0.389. The minimum Gasteiger partial charge on any atom is -0.316 e. The minimum absolute atomic E-state index is 0.0829. The zero-order chi connectivity index (χ0) is 19.2. The Morgan fingerprint density at radius 1 is 1.11 bits per heavy atom. The summed E-state index contributed by atoms with van der Waals surface area (Å²) in [5.41, 5.74) is 2.58. The van der Waals surface area contributed by atoms with Crippen LogP contribution in [0.2, 0.25) is 0 Å². The third-order valence-electron chi connectivity index (χ3n) is 4.91. The normalized spacial score (nSPS) is 19.9. The van der Waals surface area contributed by atoms with Gasteiger partial charge in [0.2, 0.25) is 5.91 Å². The maximum Gasteiger partial charge on any atom is 0.408 e. The molecule has 1 saturated heterocycles. The smallest absolute Gasteiger partial charge is 0.316 e. The van der Waals surface area contributed by atoms with E-state index in [1.54, 1.807) is 4.90 Å². The molecule has 4 rings (SSSR count). The van der Waals surface area contributed by atoms with E-state index < -0.39 is 18.8 Å². The number of hydrogen-bond acceptors (Lipinski definition) is 3. The van der Waals surface area contributed by atoms with E-state index in [0.717, 1.165) is 20.7 Å². The van der Waals surface area contributed by atoms with E-state index in [0.29, 0.717) is 18.5 Å². The van der Waals surface area contributed by atoms with Gasteiger partial charge < -0.3 is 4.90 Å². The van der Waals surface area contributed by atoms with Gasteiger partial charge in [0.05, 0.1) is 12.7 Å². The van der Waals surface area contributed by atoms with Gasteiger partial charge in [-0.25, -0.2) is 4.79 Å². The van der Waals surface area contributed by atoms with Crippen molar-refractivity contribution in [3.8, 4) is 0 Å². The molecular weight excluding hydrogens is 361 g/mol. The molecule has 2 aliphatic heterocycles. The zero-order valence-corrected chi connectivity index (χ0v) is 14.3. The number of carbonyl (C=O) groups excluding carboxylic acids is 2. The van der Waals surface area contributed by atoms with Crippen molar-refractivity contribution in [1.29, 1.82) is 0 Å². The molecule has 0 N–H and O–H groups in total. The molecule has 0 aliphatic carbocycles. The summed E-state index contributed by atoms with van der Waals surface area (Å²) < 4.78 is 38.1. The summed E-state index contributed by atoms with van der Waals surface area (Å²) >= 11 is 0. The van der Waals surface area contributed by atoms with Crippen LogP contribution in [0.25, 0.3) is 0 Å². The molecule has 1 atom stereocenters. The second kappa shape index (κ2) is 6.40. The lowest BCUT2D eigenvalue weighted by Gasteiger charge is -2.43. The number of aromatic nitrogens is 2. The summed E-state index contributed by atoms with van der Waals surface area (Å²) in [6.45, 7) is -0.864. The summed E-state index contributed by atoms with van der Waals surface area (Å²) in [5, 5.41) is 3.66. The molecular formula is C18H17F3N4O2. The van der Waals surface area contributed by atoms with E-state index in [1.807, 2.05) is 24.3 Å². The highest BCUT2D eigenvalue weighted by molar-refractivity contribution is 5.97. The summed E-state index contributed by atoms with van der Waals surface area (Å²) in [6.07, 6.45) is -1.08. The van der Waals surface area contributed by atoms with Crippen LogP contribution in [0.5, 0.6) is 0 Å². The zero-order valence-electron chi connectivity index (χ0n) is 14.3. The quantitative estimate of drug-likeness (QED) is 0.825. The van der Waals surface area contributed by atoms with Crippen molar-refractivity contribution in [3.05, 3.63) is 53.3 Å². The largest absolute Gasteiger partial charge is 0.408 e. The van der Waals surface area contributed by atoms with Crippen LogP contribution < -0.4 is 0 Å². The number of amides is 3. The average molecular weight is 378 g/mol. The van der Waals surface area contributed by atoms with Gasteiger partial charge in [-0.05, 0) is 17.5 Å². The van der Waals surface area contributed by atoms with E-state index in [1.165, 1.54) is 12.4 Å². The SMILES string of the molecule is O=C1C[C@@H]2Cc3ccccc3CN2C(=O)N1Cc1cnn(CC(F)(F)F)c1. The Balaban J connectivity index is 1.50. The molecule has 142 valence electrons. The number of halogens is 3. The first-order valence-electron chi connectivity index (χ1n) is 8.56. The average Bonchev–Trinajstić information content (AvgIpc) is 3.02. The highest BCUT2D eigenvalue weighted by Crippen LogP contribution is 2.30. The molecule has 2 aliphatic rings. The molecule has 1 aromatic carbocycles. The van der Waals surface area contributed by atoms with Crippen molar-refractivity contribution in [2.24, 2.45) is 0 Å². The number of alkyl halides is 3. The third-order valence-corrected chi connectivity index (χ3v) is 4.91. The van der Waals surface area contributed by atoms with Crippen LogP contribution >= 0.6 is 0 Å². The molecule has 0 saturated carbocycles. The lowest BCUT2D eigenvalue weighted by Crippen LogP contribution is -2.58. The monoisotopic (exact) mass is 378 g/mol. The van der Waals surface area contributed by atoms with Gasteiger partial charge >= 0.3 is 12.2 Å². The van der Waals surface area contributed by atoms with Gasteiger partial charge in [0.25, 0.3) is 0 Å². The Hall–Kier alpha value is -2.84. The van der Waals surface area contributed by atoms with Crippen LogP contribution in [0.1, 0.15) is 23.1 Å². The highest BCUT2D eigenvalue weighted by Gasteiger charge is 2.41. The number of benzene rings is 1. The van der Waals surface area contributed by atoms with E-state index in [9.17, 15) is 22.8 Å². The lowest BCUT2D eigenvalue weighted by atomic mass is 9.91. The molecule has 1 fully saturated rings. The molecule has 0 radical (unpaired) electrons. The second-order valence-electron chi connectivity index (χ2n) is 6.88. The summed E-state index contributed by atoms with van der Waals surface area (Å²) in [4.78, 5) is 28.1. The number of urea groups is 1. The van der Waals surface area contributed by atoms with E-state index >= 15 is 0 Å². The molecule has 3 heterocycles. The van der Waals surface area contributed by atoms with Gasteiger partial charge in [0.15, 0.2) is 0 Å². The number of rotatable bonds is 3.